The summed E-state index contributed by atoms with van der Waals surface area (Å²) in [6, 6.07) is 3.93. The molecule has 2 nitrogen and oxygen atoms in total. The molecule has 1 aromatic rings. The molecule has 0 spiro atoms. The summed E-state index contributed by atoms with van der Waals surface area (Å²) in [5.74, 6) is 0.924. The number of nitrogens with one attached hydrogen (secondary N) is 1. The third-order valence-corrected chi connectivity index (χ3v) is 1.64. The molecule has 60 valence electrons. The van der Waals surface area contributed by atoms with Gasteiger partial charge in [0.15, 0.2) is 0 Å². The van der Waals surface area contributed by atoms with E-state index in [1.54, 1.807) is 6.20 Å². The zero-order valence-electron chi connectivity index (χ0n) is 6.33. The van der Waals surface area contributed by atoms with Crippen molar-refractivity contribution < 1.29 is 0 Å². The van der Waals surface area contributed by atoms with Gasteiger partial charge in [0.2, 0.25) is 0 Å². The second kappa shape index (κ2) is 5.02. The Labute approximate surface area is 72.5 Å². The van der Waals surface area contributed by atoms with Gasteiger partial charge in [-0.25, -0.2) is 0 Å². The summed E-state index contributed by atoms with van der Waals surface area (Å²) in [7, 11) is 0. The number of hydrogen-bond acceptors (Lipinski definition) is 3. The Bertz CT molecular complexity index is 189. The van der Waals surface area contributed by atoms with Gasteiger partial charge in [0.1, 0.15) is 0 Å². The van der Waals surface area contributed by atoms with Crippen molar-refractivity contribution in [2.45, 2.75) is 6.42 Å². The van der Waals surface area contributed by atoms with Crippen molar-refractivity contribution in [3.63, 3.8) is 0 Å². The van der Waals surface area contributed by atoms with Crippen LogP contribution in [-0.4, -0.2) is 17.3 Å². The Morgan fingerprint density at radius 2 is 2.45 bits per heavy atom. The van der Waals surface area contributed by atoms with Crippen LogP contribution in [0.3, 0.4) is 0 Å². The highest BCUT2D eigenvalue weighted by Crippen LogP contribution is 2.01. The first-order valence-electron chi connectivity index (χ1n) is 3.68. The van der Waals surface area contributed by atoms with Crippen LogP contribution < -0.4 is 5.32 Å². The van der Waals surface area contributed by atoms with Crippen LogP contribution >= 0.6 is 12.6 Å². The highest BCUT2D eigenvalue weighted by atomic mass is 32.1. The summed E-state index contributed by atoms with van der Waals surface area (Å²) in [5.41, 5.74) is 1.08. The fraction of sp³-hybridized carbons (Fsp3) is 0.375. The lowest BCUT2D eigenvalue weighted by Crippen LogP contribution is -2.01. The van der Waals surface area contributed by atoms with E-state index in [0.29, 0.717) is 0 Å². The van der Waals surface area contributed by atoms with E-state index in [-0.39, 0.29) is 0 Å². The summed E-state index contributed by atoms with van der Waals surface area (Å²) >= 11 is 4.11. The van der Waals surface area contributed by atoms with Crippen molar-refractivity contribution in [1.29, 1.82) is 0 Å². The van der Waals surface area contributed by atoms with Crippen LogP contribution in [0.2, 0.25) is 0 Å². The first kappa shape index (κ1) is 8.40. The van der Waals surface area contributed by atoms with E-state index in [0.717, 1.165) is 24.4 Å². The lowest BCUT2D eigenvalue weighted by Gasteiger charge is -2.02. The smallest absolute Gasteiger partial charge is 0.0526 e. The van der Waals surface area contributed by atoms with Gasteiger partial charge in [-0.15, -0.1) is 0 Å². The molecule has 0 aliphatic carbocycles. The van der Waals surface area contributed by atoms with Crippen molar-refractivity contribution in [1.82, 2.24) is 4.98 Å². The van der Waals surface area contributed by atoms with Crippen LogP contribution in [0.5, 0.6) is 0 Å². The van der Waals surface area contributed by atoms with Crippen molar-refractivity contribution in [3.05, 3.63) is 24.5 Å². The lowest BCUT2D eigenvalue weighted by molar-refractivity contribution is 0.993. The van der Waals surface area contributed by atoms with Gasteiger partial charge in [-0.3, -0.25) is 4.98 Å². The molecule has 11 heavy (non-hydrogen) atoms. The fourth-order valence-corrected chi connectivity index (χ4v) is 0.937. The molecule has 0 atom stereocenters. The third kappa shape index (κ3) is 3.28. The van der Waals surface area contributed by atoms with Crippen molar-refractivity contribution >= 4 is 18.3 Å². The molecule has 0 amide bonds. The first-order valence-corrected chi connectivity index (χ1v) is 4.31. The molecule has 1 rings (SSSR count). The van der Waals surface area contributed by atoms with E-state index in [2.05, 4.69) is 22.9 Å². The van der Waals surface area contributed by atoms with Gasteiger partial charge in [-0.2, -0.15) is 12.6 Å². The summed E-state index contributed by atoms with van der Waals surface area (Å²) in [6.07, 6.45) is 4.67. The first-order chi connectivity index (χ1) is 5.43. The number of hydrogen-bond donors (Lipinski definition) is 2. The molecule has 1 heterocycles. The fourth-order valence-electron chi connectivity index (χ4n) is 0.779. The predicted molar refractivity (Wildman–Crippen MR) is 51.2 cm³/mol. The van der Waals surface area contributed by atoms with E-state index in [1.807, 2.05) is 18.3 Å². The molecule has 1 aromatic heterocycles. The standard InChI is InChI=1S/C8H12N2S/c11-6-2-5-10-8-3-1-4-9-7-8/h1,3-4,7,10-11H,2,5-6H2. The number of thiol groups is 1. The predicted octanol–water partition coefficient (Wildman–Crippen LogP) is 1.81. The number of nitrogens with zero attached hydrogens (tertiary/aromatic N) is 1. The summed E-state index contributed by atoms with van der Waals surface area (Å²) < 4.78 is 0. The number of anilines is 1. The maximum atomic E-state index is 4.11. The third-order valence-electron chi connectivity index (χ3n) is 1.33. The molecule has 0 unspecified atom stereocenters. The zero-order chi connectivity index (χ0) is 7.94. The molecule has 0 bridgehead atoms. The molecule has 0 fully saturated rings. The number of rotatable bonds is 4. The van der Waals surface area contributed by atoms with Gasteiger partial charge >= 0.3 is 0 Å². The Morgan fingerprint density at radius 1 is 1.55 bits per heavy atom. The average molecular weight is 168 g/mol. The van der Waals surface area contributed by atoms with Gasteiger partial charge < -0.3 is 5.32 Å². The highest BCUT2D eigenvalue weighted by molar-refractivity contribution is 7.80. The van der Waals surface area contributed by atoms with E-state index >= 15 is 0 Å². The summed E-state index contributed by atoms with van der Waals surface area (Å²) in [6.45, 7) is 0.967. The second-order valence-electron chi connectivity index (χ2n) is 2.25. The van der Waals surface area contributed by atoms with E-state index in [1.165, 1.54) is 0 Å². The molecule has 0 saturated carbocycles. The van der Waals surface area contributed by atoms with Gasteiger partial charge in [0.25, 0.3) is 0 Å². The van der Waals surface area contributed by atoms with Gasteiger partial charge in [-0.1, -0.05) is 0 Å². The summed E-state index contributed by atoms with van der Waals surface area (Å²) in [4.78, 5) is 3.98. The van der Waals surface area contributed by atoms with Gasteiger partial charge in [0.05, 0.1) is 5.69 Å². The quantitative estimate of drug-likeness (QED) is 0.529. The van der Waals surface area contributed by atoms with Gasteiger partial charge in [0, 0.05) is 18.9 Å². The van der Waals surface area contributed by atoms with E-state index < -0.39 is 0 Å². The molecule has 3 heteroatoms. The second-order valence-corrected chi connectivity index (χ2v) is 2.69. The van der Waals surface area contributed by atoms with Crippen LogP contribution in [0.4, 0.5) is 5.69 Å². The maximum Gasteiger partial charge on any atom is 0.0526 e. The molecule has 0 aromatic carbocycles. The number of pyridine rings is 1. The molecule has 1 N–H and O–H groups in total. The molecular weight excluding hydrogens is 156 g/mol. The minimum Gasteiger partial charge on any atom is -0.384 e. The Morgan fingerprint density at radius 3 is 3.09 bits per heavy atom. The molecule has 0 radical (unpaired) electrons. The topological polar surface area (TPSA) is 24.9 Å². The molecular formula is C8H12N2S. The van der Waals surface area contributed by atoms with E-state index in [4.69, 9.17) is 0 Å². The summed E-state index contributed by atoms with van der Waals surface area (Å²) in [5, 5.41) is 3.23. The SMILES string of the molecule is SCCCNc1cccnc1. The molecule has 0 aliphatic rings. The maximum absolute atomic E-state index is 4.11. The highest BCUT2D eigenvalue weighted by Gasteiger charge is 1.87. The van der Waals surface area contributed by atoms with Crippen LogP contribution in [0, 0.1) is 0 Å². The molecule has 0 aliphatic heterocycles. The Balaban J connectivity index is 2.28. The van der Waals surface area contributed by atoms with E-state index in [9.17, 15) is 0 Å². The van der Waals surface area contributed by atoms with Crippen molar-refractivity contribution in [2.24, 2.45) is 0 Å². The monoisotopic (exact) mass is 168 g/mol. The lowest BCUT2D eigenvalue weighted by atomic mass is 10.4. The van der Waals surface area contributed by atoms with Gasteiger partial charge in [-0.05, 0) is 24.3 Å². The van der Waals surface area contributed by atoms with Crippen molar-refractivity contribution in [2.75, 3.05) is 17.6 Å². The molecule has 0 saturated heterocycles. The zero-order valence-corrected chi connectivity index (χ0v) is 7.22. The largest absolute Gasteiger partial charge is 0.384 e. The van der Waals surface area contributed by atoms with Crippen LogP contribution in [-0.2, 0) is 0 Å². The van der Waals surface area contributed by atoms with Crippen molar-refractivity contribution in [3.8, 4) is 0 Å². The Hall–Kier alpha value is -0.700. The van der Waals surface area contributed by atoms with Crippen LogP contribution in [0.25, 0.3) is 0 Å². The van der Waals surface area contributed by atoms with Crippen LogP contribution in [0.15, 0.2) is 24.5 Å². The number of aromatic nitrogens is 1. The minimum atomic E-state index is 0.924. The minimum absolute atomic E-state index is 0.924. The Kier molecular flexibility index (Phi) is 3.83. The normalized spacial score (nSPS) is 9.55. The van der Waals surface area contributed by atoms with Crippen LogP contribution in [0.1, 0.15) is 6.42 Å². The average Bonchev–Trinajstić information content (AvgIpc) is 2.07.